The van der Waals surface area contributed by atoms with Gasteiger partial charge in [-0.25, -0.2) is 4.98 Å². The Balaban J connectivity index is 1.37. The zero-order valence-corrected chi connectivity index (χ0v) is 14.2. The molecule has 1 N–H and O–H groups in total. The van der Waals surface area contributed by atoms with Gasteiger partial charge in [0.05, 0.1) is 19.1 Å². The van der Waals surface area contributed by atoms with Crippen LogP contribution in [0.15, 0.2) is 42.6 Å². The Kier molecular flexibility index (Phi) is 4.88. The standard InChI is InChI=1S/C19H20N2O5/c22-18(10-13-4-5-15-16(9-13)25-12-24-15)21-14-6-8-23-11-17(14)26-19-3-1-2-7-20-19/h1-5,7,9,14,17H,6,8,10-12H2,(H,21,22)/t14-,17-/m1/s1. The van der Waals surface area contributed by atoms with Crippen molar-refractivity contribution in [2.24, 2.45) is 0 Å². The van der Waals surface area contributed by atoms with E-state index in [-0.39, 0.29) is 31.3 Å². The first-order valence-electron chi connectivity index (χ1n) is 8.61. The smallest absolute Gasteiger partial charge is 0.231 e. The number of hydrogen-bond acceptors (Lipinski definition) is 6. The monoisotopic (exact) mass is 356 g/mol. The molecule has 4 rings (SSSR count). The fourth-order valence-corrected chi connectivity index (χ4v) is 3.06. The highest BCUT2D eigenvalue weighted by Gasteiger charge is 2.29. The van der Waals surface area contributed by atoms with E-state index in [1.165, 1.54) is 0 Å². The molecule has 1 amide bonds. The van der Waals surface area contributed by atoms with Crippen molar-refractivity contribution in [1.82, 2.24) is 10.3 Å². The third-order valence-corrected chi connectivity index (χ3v) is 4.36. The van der Waals surface area contributed by atoms with E-state index in [1.54, 1.807) is 12.3 Å². The summed E-state index contributed by atoms with van der Waals surface area (Å²) in [6.07, 6.45) is 2.38. The lowest BCUT2D eigenvalue weighted by Crippen LogP contribution is -2.51. The van der Waals surface area contributed by atoms with Crippen LogP contribution in [0, 0.1) is 0 Å². The van der Waals surface area contributed by atoms with Crippen LogP contribution in [0.3, 0.4) is 0 Å². The predicted molar refractivity (Wildman–Crippen MR) is 92.3 cm³/mol. The highest BCUT2D eigenvalue weighted by Crippen LogP contribution is 2.32. The Morgan fingerprint density at radius 1 is 1.23 bits per heavy atom. The summed E-state index contributed by atoms with van der Waals surface area (Å²) in [7, 11) is 0. The lowest BCUT2D eigenvalue weighted by atomic mass is 10.0. The largest absolute Gasteiger partial charge is 0.470 e. The maximum absolute atomic E-state index is 12.5. The molecule has 26 heavy (non-hydrogen) atoms. The number of carbonyl (C=O) groups excluding carboxylic acids is 1. The fraction of sp³-hybridized carbons (Fsp3) is 0.368. The van der Waals surface area contributed by atoms with Gasteiger partial charge in [-0.2, -0.15) is 0 Å². The van der Waals surface area contributed by atoms with E-state index < -0.39 is 0 Å². The molecule has 1 fully saturated rings. The SMILES string of the molecule is O=C(Cc1ccc2c(c1)OCO2)N[C@@H]1CCOC[C@H]1Oc1ccccn1. The first-order chi connectivity index (χ1) is 12.8. The van der Waals surface area contributed by atoms with Crippen LogP contribution in [0.4, 0.5) is 0 Å². The van der Waals surface area contributed by atoms with E-state index in [0.29, 0.717) is 37.0 Å². The average Bonchev–Trinajstić information content (AvgIpc) is 3.12. The van der Waals surface area contributed by atoms with E-state index in [9.17, 15) is 4.79 Å². The van der Waals surface area contributed by atoms with Gasteiger partial charge in [0.15, 0.2) is 11.5 Å². The van der Waals surface area contributed by atoms with Crippen LogP contribution in [0.2, 0.25) is 0 Å². The number of carbonyl (C=O) groups is 1. The quantitative estimate of drug-likeness (QED) is 0.879. The minimum atomic E-state index is -0.264. The number of fused-ring (bicyclic) bond motifs is 1. The number of aromatic nitrogens is 1. The molecule has 0 saturated carbocycles. The molecule has 2 aliphatic heterocycles. The van der Waals surface area contributed by atoms with Gasteiger partial charge >= 0.3 is 0 Å². The lowest BCUT2D eigenvalue weighted by Gasteiger charge is -2.32. The normalized spacial score (nSPS) is 21.2. The summed E-state index contributed by atoms with van der Waals surface area (Å²) in [6, 6.07) is 10.9. The Labute approximate surface area is 151 Å². The van der Waals surface area contributed by atoms with Gasteiger partial charge in [0, 0.05) is 18.9 Å². The number of rotatable bonds is 5. The van der Waals surface area contributed by atoms with Crippen LogP contribution in [0.1, 0.15) is 12.0 Å². The van der Waals surface area contributed by atoms with Crippen molar-refractivity contribution in [2.45, 2.75) is 25.0 Å². The molecule has 0 unspecified atom stereocenters. The van der Waals surface area contributed by atoms with Crippen molar-refractivity contribution in [2.75, 3.05) is 20.0 Å². The molecule has 2 aromatic rings. The number of nitrogens with zero attached hydrogens (tertiary/aromatic N) is 1. The van der Waals surface area contributed by atoms with E-state index in [2.05, 4.69) is 10.3 Å². The van der Waals surface area contributed by atoms with Gasteiger partial charge in [-0.15, -0.1) is 0 Å². The van der Waals surface area contributed by atoms with Crippen molar-refractivity contribution in [3.8, 4) is 17.4 Å². The van der Waals surface area contributed by atoms with Gasteiger partial charge in [0.2, 0.25) is 18.6 Å². The predicted octanol–water partition coefficient (Wildman–Crippen LogP) is 1.71. The van der Waals surface area contributed by atoms with Gasteiger partial charge in [-0.3, -0.25) is 4.79 Å². The van der Waals surface area contributed by atoms with Crippen molar-refractivity contribution < 1.29 is 23.7 Å². The van der Waals surface area contributed by atoms with Crippen molar-refractivity contribution >= 4 is 5.91 Å². The molecule has 0 aliphatic carbocycles. The molecule has 0 radical (unpaired) electrons. The topological polar surface area (TPSA) is 78.9 Å². The number of amides is 1. The summed E-state index contributed by atoms with van der Waals surface area (Å²) in [5, 5.41) is 3.06. The number of pyridine rings is 1. The van der Waals surface area contributed by atoms with Gasteiger partial charge in [-0.1, -0.05) is 12.1 Å². The second-order valence-corrected chi connectivity index (χ2v) is 6.23. The summed E-state index contributed by atoms with van der Waals surface area (Å²) in [4.78, 5) is 16.7. The molecule has 1 aromatic heterocycles. The second kappa shape index (κ2) is 7.61. The highest BCUT2D eigenvalue weighted by molar-refractivity contribution is 5.79. The summed E-state index contributed by atoms with van der Waals surface area (Å²) in [5.41, 5.74) is 0.876. The summed E-state index contributed by atoms with van der Waals surface area (Å²) >= 11 is 0. The van der Waals surface area contributed by atoms with Crippen LogP contribution in [-0.4, -0.2) is 43.0 Å². The Morgan fingerprint density at radius 2 is 2.15 bits per heavy atom. The van der Waals surface area contributed by atoms with Crippen LogP contribution >= 0.6 is 0 Å². The van der Waals surface area contributed by atoms with E-state index in [0.717, 1.165) is 5.56 Å². The van der Waals surface area contributed by atoms with Crippen molar-refractivity contribution in [1.29, 1.82) is 0 Å². The molecule has 2 atom stereocenters. The maximum Gasteiger partial charge on any atom is 0.231 e. The number of ether oxygens (including phenoxy) is 4. The Hall–Kier alpha value is -2.80. The molecule has 2 aliphatic rings. The first-order valence-corrected chi connectivity index (χ1v) is 8.61. The number of benzene rings is 1. The molecule has 1 saturated heterocycles. The van der Waals surface area contributed by atoms with Crippen molar-refractivity contribution in [3.63, 3.8) is 0 Å². The summed E-state index contributed by atoms with van der Waals surface area (Å²) in [6.45, 7) is 1.24. The Morgan fingerprint density at radius 3 is 3.04 bits per heavy atom. The number of nitrogens with one attached hydrogen (secondary N) is 1. The maximum atomic E-state index is 12.5. The molecular weight excluding hydrogens is 336 g/mol. The number of hydrogen-bond donors (Lipinski definition) is 1. The first kappa shape index (κ1) is 16.7. The lowest BCUT2D eigenvalue weighted by molar-refractivity contribution is -0.123. The van der Waals surface area contributed by atoms with Crippen LogP contribution in [0.25, 0.3) is 0 Å². The zero-order chi connectivity index (χ0) is 17.8. The van der Waals surface area contributed by atoms with Crippen molar-refractivity contribution in [3.05, 3.63) is 48.2 Å². The van der Waals surface area contributed by atoms with E-state index in [1.807, 2.05) is 30.3 Å². The Bertz CT molecular complexity index is 768. The highest BCUT2D eigenvalue weighted by atomic mass is 16.7. The average molecular weight is 356 g/mol. The molecular formula is C19H20N2O5. The second-order valence-electron chi connectivity index (χ2n) is 6.23. The molecule has 0 bridgehead atoms. The van der Waals surface area contributed by atoms with E-state index in [4.69, 9.17) is 18.9 Å². The summed E-state index contributed by atoms with van der Waals surface area (Å²) < 4.78 is 22.0. The van der Waals surface area contributed by atoms with Gasteiger partial charge in [-0.05, 0) is 30.2 Å². The summed E-state index contributed by atoms with van der Waals surface area (Å²) in [5.74, 6) is 1.85. The third-order valence-electron chi connectivity index (χ3n) is 4.36. The third kappa shape index (κ3) is 3.88. The molecule has 1 aromatic carbocycles. The van der Waals surface area contributed by atoms with Gasteiger partial charge in [0.1, 0.15) is 6.10 Å². The van der Waals surface area contributed by atoms with Gasteiger partial charge < -0.3 is 24.3 Å². The molecule has 7 nitrogen and oxygen atoms in total. The van der Waals surface area contributed by atoms with Gasteiger partial charge in [0.25, 0.3) is 0 Å². The molecule has 0 spiro atoms. The molecule has 136 valence electrons. The van der Waals surface area contributed by atoms with E-state index >= 15 is 0 Å². The zero-order valence-electron chi connectivity index (χ0n) is 14.2. The molecule has 3 heterocycles. The van der Waals surface area contributed by atoms with Crippen LogP contribution in [0.5, 0.6) is 17.4 Å². The van der Waals surface area contributed by atoms with Crippen LogP contribution in [-0.2, 0) is 16.0 Å². The van der Waals surface area contributed by atoms with Crippen LogP contribution < -0.4 is 19.5 Å². The minimum Gasteiger partial charge on any atom is -0.470 e. The fourth-order valence-electron chi connectivity index (χ4n) is 3.06. The minimum absolute atomic E-state index is 0.0645. The molecule has 7 heteroatoms.